The first-order valence-corrected chi connectivity index (χ1v) is 11.0. The number of ether oxygens (including phenoxy) is 1. The highest BCUT2D eigenvalue weighted by Gasteiger charge is 2.28. The van der Waals surface area contributed by atoms with Crippen molar-refractivity contribution in [2.24, 2.45) is 5.92 Å². The van der Waals surface area contributed by atoms with Crippen LogP contribution in [0.25, 0.3) is 0 Å². The second-order valence-corrected chi connectivity index (χ2v) is 8.49. The van der Waals surface area contributed by atoms with E-state index in [-0.39, 0.29) is 16.7 Å². The molecule has 166 valence electrons. The molecule has 0 radical (unpaired) electrons. The molecule has 1 aliphatic heterocycles. The summed E-state index contributed by atoms with van der Waals surface area (Å²) in [4.78, 5) is 19.3. The van der Waals surface area contributed by atoms with Gasteiger partial charge in [0, 0.05) is 31.6 Å². The predicted molar refractivity (Wildman–Crippen MR) is 124 cm³/mol. The average Bonchev–Trinajstić information content (AvgIpc) is 2.76. The monoisotopic (exact) mass is 453 g/mol. The third-order valence-electron chi connectivity index (χ3n) is 5.57. The van der Waals surface area contributed by atoms with Crippen LogP contribution in [0.5, 0.6) is 5.88 Å². The molecule has 0 aliphatic carbocycles. The van der Waals surface area contributed by atoms with Gasteiger partial charge in [-0.2, -0.15) is 4.98 Å². The molecule has 0 unspecified atom stereocenters. The van der Waals surface area contributed by atoms with Crippen molar-refractivity contribution in [3.05, 3.63) is 88.7 Å². The van der Waals surface area contributed by atoms with Crippen molar-refractivity contribution in [3.63, 3.8) is 0 Å². The lowest BCUT2D eigenvalue weighted by Gasteiger charge is -2.36. The quantitative estimate of drug-likeness (QED) is 0.541. The van der Waals surface area contributed by atoms with Crippen LogP contribution in [0.4, 0.5) is 10.2 Å². The molecular weight excluding hydrogens is 429 g/mol. The zero-order valence-corrected chi connectivity index (χ0v) is 18.6. The molecule has 1 aliphatic rings. The van der Waals surface area contributed by atoms with Gasteiger partial charge in [-0.3, -0.25) is 9.69 Å². The van der Waals surface area contributed by atoms with Crippen LogP contribution < -0.4 is 10.1 Å². The lowest BCUT2D eigenvalue weighted by molar-refractivity contribution is 0.0462. The van der Waals surface area contributed by atoms with Crippen LogP contribution in [-0.4, -0.2) is 35.0 Å². The lowest BCUT2D eigenvalue weighted by Crippen LogP contribution is -2.44. The Morgan fingerprint density at radius 3 is 2.75 bits per heavy atom. The number of nitrogens with one attached hydrogen (secondary N) is 1. The summed E-state index contributed by atoms with van der Waals surface area (Å²) < 4.78 is 19.4. The molecule has 3 aromatic rings. The van der Waals surface area contributed by atoms with Crippen LogP contribution in [0.1, 0.15) is 29.3 Å². The number of anilines is 1. The fourth-order valence-electron chi connectivity index (χ4n) is 3.93. The van der Waals surface area contributed by atoms with Crippen LogP contribution in [0.2, 0.25) is 5.02 Å². The van der Waals surface area contributed by atoms with Crippen LogP contribution in [0.15, 0.2) is 66.7 Å². The van der Waals surface area contributed by atoms with Gasteiger partial charge in [-0.15, -0.1) is 0 Å². The van der Waals surface area contributed by atoms with Crippen molar-refractivity contribution >= 4 is 23.3 Å². The highest BCUT2D eigenvalue weighted by molar-refractivity contribution is 6.34. The van der Waals surface area contributed by atoms with E-state index in [0.717, 1.165) is 32.1 Å². The van der Waals surface area contributed by atoms with E-state index in [2.05, 4.69) is 46.4 Å². The van der Waals surface area contributed by atoms with E-state index in [4.69, 9.17) is 16.3 Å². The van der Waals surface area contributed by atoms with E-state index in [1.54, 1.807) is 18.2 Å². The second kappa shape index (κ2) is 10.1. The van der Waals surface area contributed by atoms with Gasteiger partial charge in [0.15, 0.2) is 0 Å². The number of hydrogen-bond acceptors (Lipinski definition) is 4. The number of pyridine rings is 1. The van der Waals surface area contributed by atoms with E-state index in [9.17, 15) is 9.18 Å². The minimum Gasteiger partial charge on any atom is -0.474 e. The fourth-order valence-corrected chi connectivity index (χ4v) is 4.19. The van der Waals surface area contributed by atoms with Gasteiger partial charge >= 0.3 is 0 Å². The maximum Gasteiger partial charge on any atom is 0.258 e. The summed E-state index contributed by atoms with van der Waals surface area (Å²) in [6.45, 7) is 5.01. The fraction of sp³-hybridized carbons (Fsp3) is 0.280. The van der Waals surface area contributed by atoms with E-state index in [0.29, 0.717) is 17.6 Å². The summed E-state index contributed by atoms with van der Waals surface area (Å²) in [5.74, 6) is 0.195. The van der Waals surface area contributed by atoms with E-state index < -0.39 is 11.7 Å². The van der Waals surface area contributed by atoms with Gasteiger partial charge in [-0.25, -0.2) is 4.39 Å². The predicted octanol–water partition coefficient (Wildman–Crippen LogP) is 5.42. The Bertz CT molecular complexity index is 1080. The molecular formula is C25H25ClFN3O2. The molecule has 5 nitrogen and oxygen atoms in total. The van der Waals surface area contributed by atoms with E-state index in [1.807, 2.05) is 6.07 Å². The second-order valence-electron chi connectivity index (χ2n) is 8.08. The topological polar surface area (TPSA) is 54.5 Å². The van der Waals surface area contributed by atoms with Crippen molar-refractivity contribution in [3.8, 4) is 5.88 Å². The Morgan fingerprint density at radius 1 is 1.19 bits per heavy atom. The highest BCUT2D eigenvalue weighted by atomic mass is 35.5. The number of carbonyl (C=O) groups excluding carboxylic acids is 1. The molecule has 1 saturated heterocycles. The first-order chi connectivity index (χ1) is 15.5. The van der Waals surface area contributed by atoms with Crippen LogP contribution >= 0.6 is 11.6 Å². The summed E-state index contributed by atoms with van der Waals surface area (Å²) in [5, 5.41) is 2.74. The maximum atomic E-state index is 13.2. The zero-order chi connectivity index (χ0) is 22.5. The number of piperidine rings is 1. The molecule has 2 atom stereocenters. The molecule has 1 N–H and O–H groups in total. The number of rotatable bonds is 6. The number of benzene rings is 2. The number of aromatic nitrogens is 1. The number of nitrogens with zero attached hydrogens (tertiary/aromatic N) is 2. The summed E-state index contributed by atoms with van der Waals surface area (Å²) in [5.41, 5.74) is 1.49. The van der Waals surface area contributed by atoms with Gasteiger partial charge < -0.3 is 10.1 Å². The van der Waals surface area contributed by atoms with Crippen molar-refractivity contribution in [1.82, 2.24) is 9.88 Å². The standard InChI is InChI=1S/C25H25ClFN3O2/c1-17-15-30(16-18-6-3-2-4-7-18)13-12-22(17)32-24-9-5-8-23(28-24)29-25(31)20-11-10-19(27)14-21(20)26/h2-11,14,17,22H,12-13,15-16H2,1H3,(H,28,29,31)/t17-,22-/m0/s1. The van der Waals surface area contributed by atoms with Crippen LogP contribution in [-0.2, 0) is 6.54 Å². The Labute approximate surface area is 192 Å². The number of amides is 1. The Kier molecular flexibility index (Phi) is 7.02. The number of halogens is 2. The highest BCUT2D eigenvalue weighted by Crippen LogP contribution is 2.24. The molecule has 1 amide bonds. The molecule has 4 rings (SSSR count). The number of likely N-dealkylation sites (tertiary alicyclic amines) is 1. The Morgan fingerprint density at radius 2 is 2.00 bits per heavy atom. The number of hydrogen-bond donors (Lipinski definition) is 1. The average molecular weight is 454 g/mol. The summed E-state index contributed by atoms with van der Waals surface area (Å²) in [6.07, 6.45) is 0.948. The van der Waals surface area contributed by atoms with Crippen molar-refractivity contribution in [2.45, 2.75) is 26.0 Å². The zero-order valence-electron chi connectivity index (χ0n) is 17.8. The first kappa shape index (κ1) is 22.2. The summed E-state index contributed by atoms with van der Waals surface area (Å²) in [6, 6.07) is 19.3. The van der Waals surface area contributed by atoms with Crippen molar-refractivity contribution in [2.75, 3.05) is 18.4 Å². The van der Waals surface area contributed by atoms with Crippen LogP contribution in [0, 0.1) is 11.7 Å². The molecule has 7 heteroatoms. The van der Waals surface area contributed by atoms with Gasteiger partial charge in [0.2, 0.25) is 5.88 Å². The largest absolute Gasteiger partial charge is 0.474 e. The Balaban J connectivity index is 1.35. The van der Waals surface area contributed by atoms with Gasteiger partial charge in [-0.05, 0) is 36.2 Å². The molecule has 1 aromatic heterocycles. The van der Waals surface area contributed by atoms with Gasteiger partial charge in [0.25, 0.3) is 5.91 Å². The van der Waals surface area contributed by atoms with E-state index in [1.165, 1.54) is 17.7 Å². The van der Waals surface area contributed by atoms with Gasteiger partial charge in [0.05, 0.1) is 10.6 Å². The Hall–Kier alpha value is -2.96. The molecule has 1 fully saturated rings. The smallest absolute Gasteiger partial charge is 0.258 e. The summed E-state index contributed by atoms with van der Waals surface area (Å²) in [7, 11) is 0. The number of carbonyl (C=O) groups is 1. The first-order valence-electron chi connectivity index (χ1n) is 10.6. The summed E-state index contributed by atoms with van der Waals surface area (Å²) >= 11 is 5.98. The van der Waals surface area contributed by atoms with Crippen molar-refractivity contribution < 1.29 is 13.9 Å². The van der Waals surface area contributed by atoms with Gasteiger partial charge in [0.1, 0.15) is 17.7 Å². The van der Waals surface area contributed by atoms with Gasteiger partial charge in [-0.1, -0.05) is 54.9 Å². The third kappa shape index (κ3) is 5.64. The molecule has 0 spiro atoms. The molecule has 32 heavy (non-hydrogen) atoms. The minimum atomic E-state index is -0.496. The normalized spacial score (nSPS) is 18.8. The molecule has 0 bridgehead atoms. The third-order valence-corrected chi connectivity index (χ3v) is 5.89. The van der Waals surface area contributed by atoms with E-state index >= 15 is 0 Å². The molecule has 2 aromatic carbocycles. The SMILES string of the molecule is C[C@H]1CN(Cc2ccccc2)CC[C@@H]1Oc1cccc(NC(=O)c2ccc(F)cc2Cl)n1. The minimum absolute atomic E-state index is 0.0472. The lowest BCUT2D eigenvalue weighted by atomic mass is 9.96. The van der Waals surface area contributed by atoms with Crippen molar-refractivity contribution in [1.29, 1.82) is 0 Å². The molecule has 0 saturated carbocycles. The van der Waals surface area contributed by atoms with Crippen LogP contribution in [0.3, 0.4) is 0 Å². The molecule has 2 heterocycles. The maximum absolute atomic E-state index is 13.2.